The summed E-state index contributed by atoms with van der Waals surface area (Å²) in [6, 6.07) is 12.1. The van der Waals surface area contributed by atoms with Gasteiger partial charge in [-0.25, -0.2) is 0 Å². The van der Waals surface area contributed by atoms with Crippen molar-refractivity contribution < 1.29 is 0 Å². The quantitative estimate of drug-likeness (QED) is 0.620. The van der Waals surface area contributed by atoms with E-state index in [2.05, 4.69) is 70.3 Å². The van der Waals surface area contributed by atoms with E-state index in [1.807, 2.05) is 0 Å². The van der Waals surface area contributed by atoms with Gasteiger partial charge in [0, 0.05) is 12.1 Å². The van der Waals surface area contributed by atoms with Gasteiger partial charge in [-0.1, -0.05) is 71.4 Å². The Labute approximate surface area is 126 Å². The first kappa shape index (κ1) is 17.2. The summed E-state index contributed by atoms with van der Waals surface area (Å²) in [6.07, 6.45) is 4.99. The summed E-state index contributed by atoms with van der Waals surface area (Å²) in [5.74, 6) is 1.52. The summed E-state index contributed by atoms with van der Waals surface area (Å²) in [4.78, 5) is 0. The second-order valence-electron chi connectivity index (χ2n) is 6.61. The van der Waals surface area contributed by atoms with Crippen LogP contribution in [-0.2, 0) is 0 Å². The third-order valence-corrected chi connectivity index (χ3v) is 4.22. The van der Waals surface area contributed by atoms with Crippen molar-refractivity contribution in [3.8, 4) is 0 Å². The molecule has 0 saturated carbocycles. The van der Waals surface area contributed by atoms with Gasteiger partial charge in [0.05, 0.1) is 0 Å². The van der Waals surface area contributed by atoms with E-state index in [-0.39, 0.29) is 0 Å². The molecule has 0 aliphatic rings. The van der Waals surface area contributed by atoms with Crippen molar-refractivity contribution in [3.63, 3.8) is 0 Å². The lowest BCUT2D eigenvalue weighted by Gasteiger charge is -2.28. The van der Waals surface area contributed by atoms with Gasteiger partial charge in [-0.15, -0.1) is 0 Å². The van der Waals surface area contributed by atoms with Crippen LogP contribution in [0.25, 0.3) is 0 Å². The molecule has 1 rings (SSSR count). The van der Waals surface area contributed by atoms with Crippen LogP contribution in [0, 0.1) is 11.8 Å². The molecule has 0 amide bonds. The molecule has 1 aromatic carbocycles. The normalized spacial score (nSPS) is 16.1. The molecule has 0 saturated heterocycles. The summed E-state index contributed by atoms with van der Waals surface area (Å²) in [7, 11) is 0. The summed E-state index contributed by atoms with van der Waals surface area (Å²) in [5, 5.41) is 3.92. The van der Waals surface area contributed by atoms with Gasteiger partial charge in [-0.2, -0.15) is 0 Å². The standard InChI is InChI=1S/C19H33N/c1-6-16(5)14-18(7-2)20-19(13-15(3)4)17-11-9-8-10-12-17/h8-12,15-16,18-20H,6-7,13-14H2,1-5H3. The lowest BCUT2D eigenvalue weighted by Crippen LogP contribution is -2.34. The Hall–Kier alpha value is -0.820. The summed E-state index contributed by atoms with van der Waals surface area (Å²) < 4.78 is 0. The third kappa shape index (κ3) is 6.09. The van der Waals surface area contributed by atoms with E-state index < -0.39 is 0 Å². The fourth-order valence-corrected chi connectivity index (χ4v) is 2.75. The number of rotatable bonds is 9. The topological polar surface area (TPSA) is 12.0 Å². The van der Waals surface area contributed by atoms with Crippen LogP contribution in [-0.4, -0.2) is 6.04 Å². The highest BCUT2D eigenvalue weighted by molar-refractivity contribution is 5.19. The molecule has 1 heteroatoms. The second-order valence-corrected chi connectivity index (χ2v) is 6.61. The zero-order valence-electron chi connectivity index (χ0n) is 14.0. The van der Waals surface area contributed by atoms with Crippen molar-refractivity contribution in [2.45, 2.75) is 72.4 Å². The van der Waals surface area contributed by atoms with Crippen LogP contribution < -0.4 is 5.32 Å². The molecule has 0 aliphatic heterocycles. The molecule has 0 aliphatic carbocycles. The van der Waals surface area contributed by atoms with Crippen LogP contribution in [0.4, 0.5) is 0 Å². The van der Waals surface area contributed by atoms with E-state index in [1.165, 1.54) is 31.2 Å². The molecule has 0 aromatic heterocycles. The monoisotopic (exact) mass is 275 g/mol. The fraction of sp³-hybridized carbons (Fsp3) is 0.684. The molecule has 3 unspecified atom stereocenters. The van der Waals surface area contributed by atoms with Crippen molar-refractivity contribution in [2.75, 3.05) is 0 Å². The van der Waals surface area contributed by atoms with Gasteiger partial charge in [0.2, 0.25) is 0 Å². The minimum absolute atomic E-state index is 0.491. The van der Waals surface area contributed by atoms with Crippen LogP contribution in [0.2, 0.25) is 0 Å². The van der Waals surface area contributed by atoms with E-state index >= 15 is 0 Å². The lowest BCUT2D eigenvalue weighted by atomic mass is 9.93. The Morgan fingerprint density at radius 3 is 2.05 bits per heavy atom. The Morgan fingerprint density at radius 1 is 0.900 bits per heavy atom. The molecule has 114 valence electrons. The molecule has 0 spiro atoms. The number of hydrogen-bond acceptors (Lipinski definition) is 1. The lowest BCUT2D eigenvalue weighted by molar-refractivity contribution is 0.324. The van der Waals surface area contributed by atoms with E-state index in [0.29, 0.717) is 18.0 Å². The smallest absolute Gasteiger partial charge is 0.0325 e. The van der Waals surface area contributed by atoms with Gasteiger partial charge in [0.25, 0.3) is 0 Å². The average Bonchev–Trinajstić information content (AvgIpc) is 2.45. The molecule has 3 atom stereocenters. The van der Waals surface area contributed by atoms with Gasteiger partial charge in [0.15, 0.2) is 0 Å². The van der Waals surface area contributed by atoms with Gasteiger partial charge in [-0.3, -0.25) is 0 Å². The molecule has 0 fully saturated rings. The first-order valence-electron chi connectivity index (χ1n) is 8.37. The molecule has 1 nitrogen and oxygen atoms in total. The molecule has 20 heavy (non-hydrogen) atoms. The minimum atomic E-state index is 0.491. The molecule has 0 heterocycles. The van der Waals surface area contributed by atoms with Gasteiger partial charge >= 0.3 is 0 Å². The molecular weight excluding hydrogens is 242 g/mol. The molecular formula is C19H33N. The molecule has 0 radical (unpaired) electrons. The van der Waals surface area contributed by atoms with Crippen molar-refractivity contribution in [1.29, 1.82) is 0 Å². The SMILES string of the molecule is CCC(C)CC(CC)NC(CC(C)C)c1ccccc1. The van der Waals surface area contributed by atoms with Gasteiger partial charge in [0.1, 0.15) is 0 Å². The molecule has 1 aromatic rings. The summed E-state index contributed by atoms with van der Waals surface area (Å²) in [5.41, 5.74) is 1.43. The predicted octanol–water partition coefficient (Wildman–Crippen LogP) is 5.58. The van der Waals surface area contributed by atoms with Crippen LogP contribution >= 0.6 is 0 Å². The molecule has 1 N–H and O–H groups in total. The first-order valence-corrected chi connectivity index (χ1v) is 8.37. The minimum Gasteiger partial charge on any atom is -0.307 e. The maximum Gasteiger partial charge on any atom is 0.0325 e. The second kappa shape index (κ2) is 9.18. The van der Waals surface area contributed by atoms with E-state index in [0.717, 1.165) is 5.92 Å². The fourth-order valence-electron chi connectivity index (χ4n) is 2.75. The Bertz CT molecular complexity index is 344. The Kier molecular flexibility index (Phi) is 7.91. The number of hydrogen-bond donors (Lipinski definition) is 1. The van der Waals surface area contributed by atoms with Crippen molar-refractivity contribution in [1.82, 2.24) is 5.32 Å². The molecule has 0 bridgehead atoms. The largest absolute Gasteiger partial charge is 0.307 e. The van der Waals surface area contributed by atoms with Gasteiger partial charge < -0.3 is 5.32 Å². The third-order valence-electron chi connectivity index (χ3n) is 4.22. The summed E-state index contributed by atoms with van der Waals surface area (Å²) >= 11 is 0. The average molecular weight is 275 g/mol. The van der Waals surface area contributed by atoms with Crippen LogP contribution in [0.15, 0.2) is 30.3 Å². The van der Waals surface area contributed by atoms with Crippen LogP contribution in [0.1, 0.15) is 71.9 Å². The Balaban J connectivity index is 2.73. The van der Waals surface area contributed by atoms with Crippen molar-refractivity contribution in [3.05, 3.63) is 35.9 Å². The van der Waals surface area contributed by atoms with Gasteiger partial charge in [-0.05, 0) is 36.7 Å². The van der Waals surface area contributed by atoms with Crippen LogP contribution in [0.5, 0.6) is 0 Å². The van der Waals surface area contributed by atoms with E-state index in [4.69, 9.17) is 0 Å². The Morgan fingerprint density at radius 2 is 1.55 bits per heavy atom. The highest BCUT2D eigenvalue weighted by Crippen LogP contribution is 2.24. The number of benzene rings is 1. The maximum atomic E-state index is 3.92. The zero-order valence-corrected chi connectivity index (χ0v) is 14.0. The van der Waals surface area contributed by atoms with Crippen LogP contribution in [0.3, 0.4) is 0 Å². The highest BCUT2D eigenvalue weighted by atomic mass is 14.9. The van der Waals surface area contributed by atoms with E-state index in [9.17, 15) is 0 Å². The van der Waals surface area contributed by atoms with Crippen molar-refractivity contribution >= 4 is 0 Å². The number of nitrogens with one attached hydrogen (secondary N) is 1. The first-order chi connectivity index (χ1) is 9.56. The predicted molar refractivity (Wildman–Crippen MR) is 89.9 cm³/mol. The zero-order chi connectivity index (χ0) is 15.0. The van der Waals surface area contributed by atoms with E-state index in [1.54, 1.807) is 0 Å². The highest BCUT2D eigenvalue weighted by Gasteiger charge is 2.18. The van der Waals surface area contributed by atoms with Crippen molar-refractivity contribution in [2.24, 2.45) is 11.8 Å². The maximum absolute atomic E-state index is 3.92. The summed E-state index contributed by atoms with van der Waals surface area (Å²) in [6.45, 7) is 11.6.